The zero-order chi connectivity index (χ0) is 17.3. The topological polar surface area (TPSA) is 24.9 Å². The second-order valence-corrected chi connectivity index (χ2v) is 2.77. The summed E-state index contributed by atoms with van der Waals surface area (Å²) in [5.74, 6) is 0. The first-order chi connectivity index (χ1) is 9.71. The zero-order valence-corrected chi connectivity index (χ0v) is 7.41. The summed E-state index contributed by atoms with van der Waals surface area (Å²) in [6.45, 7) is -2.91. The van der Waals surface area contributed by atoms with Crippen molar-refractivity contribution in [3.8, 4) is 0 Å². The van der Waals surface area contributed by atoms with Crippen LogP contribution >= 0.6 is 15.9 Å². The second-order valence-electron chi connectivity index (χ2n) is 2.01. The van der Waals surface area contributed by atoms with Crippen LogP contribution in [0.25, 0.3) is 0 Å². The molecule has 3 heteroatoms. The number of nitrogens with one attached hydrogen (secondary N) is 1. The maximum Gasteiger partial charge on any atom is 0.106 e. The van der Waals surface area contributed by atoms with E-state index in [1.165, 1.54) is 0 Å². The van der Waals surface area contributed by atoms with E-state index in [1.807, 2.05) is 5.32 Å². The number of hydrogen-bond donors (Lipinski definition) is 1. The molecular formula is C9H11BrN2. The predicted molar refractivity (Wildman–Crippen MR) is 51.9 cm³/mol. The average Bonchev–Trinajstić information content (AvgIpc) is 2.43. The van der Waals surface area contributed by atoms with Crippen LogP contribution in [0.3, 0.4) is 0 Å². The largest absolute Gasteiger partial charge is 0.310 e. The van der Waals surface area contributed by atoms with Crippen LogP contribution in [-0.2, 0) is 0 Å². The third kappa shape index (κ3) is 1.67. The molecule has 1 aromatic heterocycles. The van der Waals surface area contributed by atoms with Gasteiger partial charge in [-0.05, 0) is 52.8 Å². The Kier molecular flexibility index (Phi) is 0.751. The lowest BCUT2D eigenvalue weighted by molar-refractivity contribution is 0.646. The van der Waals surface area contributed by atoms with E-state index in [-0.39, 0.29) is 4.60 Å². The highest BCUT2D eigenvalue weighted by molar-refractivity contribution is 9.10. The highest BCUT2D eigenvalue weighted by Gasteiger charge is 2.15. The van der Waals surface area contributed by atoms with Gasteiger partial charge >= 0.3 is 0 Å². The minimum atomic E-state index is -3.11. The first-order valence-corrected chi connectivity index (χ1v) is 3.93. The molecule has 12 heavy (non-hydrogen) atoms. The van der Waals surface area contributed by atoms with Crippen LogP contribution < -0.4 is 5.32 Å². The molecule has 1 aromatic rings. The van der Waals surface area contributed by atoms with Crippen LogP contribution in [0.2, 0.25) is 0 Å². The maximum absolute atomic E-state index is 8.27. The summed E-state index contributed by atoms with van der Waals surface area (Å²) in [4.78, 5) is 3.54. The molecule has 0 aromatic carbocycles. The van der Waals surface area contributed by atoms with Crippen molar-refractivity contribution in [1.82, 2.24) is 10.3 Å². The Morgan fingerprint density at radius 3 is 3.58 bits per heavy atom. The molecule has 1 fully saturated rings. The van der Waals surface area contributed by atoms with Crippen molar-refractivity contribution >= 4 is 15.9 Å². The summed E-state index contributed by atoms with van der Waals surface area (Å²) in [5.41, 5.74) is -0.644. The van der Waals surface area contributed by atoms with Gasteiger partial charge in [0, 0.05) is 20.4 Å². The summed E-state index contributed by atoms with van der Waals surface area (Å²) in [5, 5.41) is 1.92. The predicted octanol–water partition coefficient (Wildman–Crippen LogP) is 2.27. The third-order valence-electron chi connectivity index (χ3n) is 1.25. The van der Waals surface area contributed by atoms with Crippen LogP contribution in [0.15, 0.2) is 22.9 Å². The number of hydrogen-bond acceptors (Lipinski definition) is 2. The Labute approximate surface area is 94.6 Å². The van der Waals surface area contributed by atoms with Gasteiger partial charge in [-0.3, -0.25) is 0 Å². The number of rotatable bonds is 1. The molecule has 0 aliphatic carbocycles. The molecule has 2 heterocycles. The normalized spacial score (nSPS) is 53.8. The lowest BCUT2D eigenvalue weighted by Crippen LogP contribution is -2.12. The molecule has 1 unspecified atom stereocenters. The van der Waals surface area contributed by atoms with Gasteiger partial charge in [0.15, 0.2) is 0 Å². The van der Waals surface area contributed by atoms with E-state index in [1.54, 1.807) is 0 Å². The van der Waals surface area contributed by atoms with E-state index in [0.29, 0.717) is 0 Å². The second kappa shape index (κ2) is 3.54. The van der Waals surface area contributed by atoms with Gasteiger partial charge in [-0.2, -0.15) is 0 Å². The first-order valence-electron chi connectivity index (χ1n) is 8.14. The Morgan fingerprint density at radius 1 is 1.92 bits per heavy atom. The monoisotopic (exact) mass is 236 g/mol. The Hall–Kier alpha value is -0.410. The van der Waals surface area contributed by atoms with Gasteiger partial charge in [0.1, 0.15) is 4.60 Å². The smallest absolute Gasteiger partial charge is 0.106 e. The molecule has 2 rings (SSSR count). The van der Waals surface area contributed by atoms with Crippen molar-refractivity contribution in [2.75, 3.05) is 6.50 Å². The van der Waals surface area contributed by atoms with Gasteiger partial charge in [-0.1, -0.05) is 0 Å². The highest BCUT2D eigenvalue weighted by atomic mass is 79.9. The van der Waals surface area contributed by atoms with Gasteiger partial charge in [0.25, 0.3) is 0 Å². The van der Waals surface area contributed by atoms with Gasteiger partial charge in [-0.25, -0.2) is 4.98 Å². The molecule has 1 N–H and O–H groups in total. The molecule has 0 amide bonds. The van der Waals surface area contributed by atoms with Crippen molar-refractivity contribution in [3.05, 3.63) is 28.4 Å². The zero-order valence-electron chi connectivity index (χ0n) is 15.8. The van der Waals surface area contributed by atoms with Crippen LogP contribution in [0, 0.1) is 0 Å². The first kappa shape index (κ1) is 2.55. The molecule has 0 saturated carbocycles. The minimum absolute atomic E-state index is 0.208. The van der Waals surface area contributed by atoms with Crippen LogP contribution in [0.5, 0.6) is 0 Å². The molecule has 2 nitrogen and oxygen atoms in total. The average molecular weight is 237 g/mol. The van der Waals surface area contributed by atoms with E-state index < -0.39 is 49.1 Å². The van der Waals surface area contributed by atoms with Crippen molar-refractivity contribution in [2.24, 2.45) is 0 Å². The van der Waals surface area contributed by atoms with E-state index in [2.05, 4.69) is 20.9 Å². The molecule has 1 atom stereocenters. The van der Waals surface area contributed by atoms with Gasteiger partial charge in [-0.15, -0.1) is 0 Å². The van der Waals surface area contributed by atoms with E-state index >= 15 is 0 Å². The molecule has 64 valence electrons. The standard InChI is InChI=1S/C9H11BrN2/c10-9-6-7(3-5-12-9)8-2-1-4-11-8/h3,5-6,8,11H,1-2,4H2/i1D2,2D2,3D,4D2,5D,6D,8D. The van der Waals surface area contributed by atoms with E-state index in [4.69, 9.17) is 13.7 Å². The number of aromatic nitrogens is 1. The number of pyridine rings is 1. The SMILES string of the molecule is [2H]c1nc(Br)c([2H])c(C2([2H])NC([2H])([2H])C([2H])([2H])C2([2H])[2H])c1[2H]. The molecular weight excluding hydrogens is 216 g/mol. The molecule has 0 radical (unpaired) electrons. The summed E-state index contributed by atoms with van der Waals surface area (Å²) >= 11 is 2.87. The van der Waals surface area contributed by atoms with Gasteiger partial charge in [0.05, 0.1) is 5.48 Å². The summed E-state index contributed by atoms with van der Waals surface area (Å²) in [6, 6.07) is -4.07. The molecule has 0 bridgehead atoms. The Balaban J connectivity index is 2.83. The van der Waals surface area contributed by atoms with Crippen LogP contribution in [0.1, 0.15) is 38.0 Å². The highest BCUT2D eigenvalue weighted by Crippen LogP contribution is 2.23. The quantitative estimate of drug-likeness (QED) is 0.758. The van der Waals surface area contributed by atoms with Crippen molar-refractivity contribution in [1.29, 1.82) is 0 Å². The molecule has 1 aliphatic heterocycles. The summed E-state index contributed by atoms with van der Waals surface area (Å²) in [6.07, 6.45) is -6.84. The molecule has 1 aliphatic rings. The Bertz CT molecular complexity index is 622. The third-order valence-corrected chi connectivity index (χ3v) is 1.63. The lowest BCUT2D eigenvalue weighted by Gasteiger charge is -2.09. The van der Waals surface area contributed by atoms with Crippen LogP contribution in [0.4, 0.5) is 0 Å². The van der Waals surface area contributed by atoms with Crippen molar-refractivity contribution in [3.63, 3.8) is 0 Å². The van der Waals surface area contributed by atoms with Gasteiger partial charge < -0.3 is 5.32 Å². The fourth-order valence-corrected chi connectivity index (χ4v) is 1.05. The molecule has 0 spiro atoms. The maximum atomic E-state index is 8.27. The van der Waals surface area contributed by atoms with E-state index in [0.717, 1.165) is 0 Å². The Morgan fingerprint density at radius 2 is 2.83 bits per heavy atom. The lowest BCUT2D eigenvalue weighted by atomic mass is 10.1. The summed E-state index contributed by atoms with van der Waals surface area (Å²) < 4.78 is 77.7. The van der Waals surface area contributed by atoms with E-state index in [9.17, 15) is 0 Å². The number of nitrogens with zero attached hydrogens (tertiary/aromatic N) is 1. The van der Waals surface area contributed by atoms with Crippen molar-refractivity contribution in [2.45, 2.75) is 18.8 Å². The minimum Gasteiger partial charge on any atom is -0.310 e. The fourth-order valence-electron chi connectivity index (χ4n) is 0.764. The van der Waals surface area contributed by atoms with Crippen molar-refractivity contribution < 1.29 is 13.7 Å². The molecule has 1 saturated heterocycles. The fraction of sp³-hybridized carbons (Fsp3) is 0.444. The van der Waals surface area contributed by atoms with Crippen LogP contribution in [-0.4, -0.2) is 11.5 Å². The number of halogens is 1. The summed E-state index contributed by atoms with van der Waals surface area (Å²) in [7, 11) is 0. The van der Waals surface area contributed by atoms with Gasteiger partial charge in [0.2, 0.25) is 0 Å².